The fraction of sp³-hybridized carbons (Fsp3) is 0.462. The van der Waals surface area contributed by atoms with Gasteiger partial charge < -0.3 is 9.84 Å². The molecule has 1 heterocycles. The van der Waals surface area contributed by atoms with E-state index in [9.17, 15) is 13.6 Å². The molecule has 0 saturated carbocycles. The summed E-state index contributed by atoms with van der Waals surface area (Å²) in [4.78, 5) is 11.6. The molecule has 0 aromatic heterocycles. The second-order valence-electron chi connectivity index (χ2n) is 5.00. The molecule has 1 N–H and O–H groups in total. The van der Waals surface area contributed by atoms with Crippen molar-refractivity contribution in [3.63, 3.8) is 0 Å². The number of benzene rings is 1. The molecule has 1 atom stereocenters. The van der Waals surface area contributed by atoms with Gasteiger partial charge in [-0.2, -0.15) is 0 Å². The number of carboxylic acid groups (broad SMARTS) is 1. The van der Waals surface area contributed by atoms with Crippen molar-refractivity contribution in [2.75, 3.05) is 13.1 Å². The number of hydrogen-bond donors (Lipinski definition) is 1. The zero-order valence-corrected chi connectivity index (χ0v) is 13.4. The lowest BCUT2D eigenvalue weighted by molar-refractivity contribution is -0.0935. The first-order valence-electron chi connectivity index (χ1n) is 6.16. The first kappa shape index (κ1) is 16.3. The lowest BCUT2D eigenvalue weighted by Gasteiger charge is -2.36. The van der Waals surface area contributed by atoms with Gasteiger partial charge in [-0.05, 0) is 40.5 Å². The number of rotatable bonds is 2. The predicted octanol–water partition coefficient (Wildman–Crippen LogP) is 4.18. The Kier molecular flexibility index (Phi) is 4.63. The van der Waals surface area contributed by atoms with E-state index in [0.717, 1.165) is 0 Å². The molecule has 1 aliphatic rings. The van der Waals surface area contributed by atoms with Gasteiger partial charge in [0.1, 0.15) is 11.9 Å². The zero-order valence-electron chi connectivity index (χ0n) is 11.1. The third-order valence-electron chi connectivity index (χ3n) is 3.12. The summed E-state index contributed by atoms with van der Waals surface area (Å²) < 4.78 is 33.4. The van der Waals surface area contributed by atoms with Gasteiger partial charge >= 0.3 is 6.09 Å². The van der Waals surface area contributed by atoms with Gasteiger partial charge in [-0.25, -0.2) is 13.6 Å². The summed E-state index contributed by atoms with van der Waals surface area (Å²) in [5.74, 6) is -2.71. The fourth-order valence-electron chi connectivity index (χ4n) is 2.28. The van der Waals surface area contributed by atoms with Gasteiger partial charge in [0.2, 0.25) is 0 Å². The Hall–Kier alpha value is -1.08. The van der Waals surface area contributed by atoms with Crippen molar-refractivity contribution < 1.29 is 23.4 Å². The van der Waals surface area contributed by atoms with Crippen molar-refractivity contribution in [3.05, 3.63) is 27.2 Å². The van der Waals surface area contributed by atoms with E-state index in [1.54, 1.807) is 19.1 Å². The van der Waals surface area contributed by atoms with E-state index >= 15 is 0 Å². The molecule has 1 fully saturated rings. The minimum absolute atomic E-state index is 0.0978. The number of halogens is 4. The number of piperidine rings is 1. The maximum atomic E-state index is 13.6. The molecular weight excluding hydrogens is 372 g/mol. The molecule has 0 bridgehead atoms. The van der Waals surface area contributed by atoms with Crippen molar-refractivity contribution in [3.8, 4) is 5.75 Å². The molecule has 1 saturated heterocycles. The second kappa shape index (κ2) is 5.96. The Balaban J connectivity index is 2.21. The molecule has 1 aromatic rings. The van der Waals surface area contributed by atoms with Crippen LogP contribution >= 0.6 is 27.5 Å². The van der Waals surface area contributed by atoms with Crippen molar-refractivity contribution in [2.45, 2.75) is 25.4 Å². The van der Waals surface area contributed by atoms with Crippen LogP contribution in [0, 0.1) is 6.92 Å². The van der Waals surface area contributed by atoms with E-state index in [1.165, 1.54) is 0 Å². The number of likely N-dealkylation sites (tertiary alicyclic amines) is 1. The molecule has 21 heavy (non-hydrogen) atoms. The maximum absolute atomic E-state index is 13.6. The van der Waals surface area contributed by atoms with Crippen LogP contribution < -0.4 is 4.74 Å². The molecule has 4 nitrogen and oxygen atoms in total. The van der Waals surface area contributed by atoms with Gasteiger partial charge in [-0.1, -0.05) is 11.6 Å². The Labute approximate surface area is 133 Å². The van der Waals surface area contributed by atoms with Crippen LogP contribution in [0.1, 0.15) is 12.0 Å². The Morgan fingerprint density at radius 1 is 1.57 bits per heavy atom. The standard InChI is InChI=1S/C13H13BrClF2NO3/c1-7-2-8(15)3-10(14)11(7)21-9-4-13(16,17)6-18(5-9)12(19)20/h2-3,9H,4-6H2,1H3,(H,19,20)/t9-/m0/s1. The average Bonchev–Trinajstić information content (AvgIpc) is 2.31. The van der Waals surface area contributed by atoms with Crippen LogP contribution in [-0.4, -0.2) is 41.2 Å². The number of carbonyl (C=O) groups is 1. The second-order valence-corrected chi connectivity index (χ2v) is 6.29. The van der Waals surface area contributed by atoms with E-state index in [1.807, 2.05) is 0 Å². The highest BCUT2D eigenvalue weighted by atomic mass is 79.9. The molecule has 1 aliphatic heterocycles. The van der Waals surface area contributed by atoms with E-state index in [-0.39, 0.29) is 6.54 Å². The molecule has 0 unspecified atom stereocenters. The van der Waals surface area contributed by atoms with E-state index in [2.05, 4.69) is 15.9 Å². The van der Waals surface area contributed by atoms with Crippen LogP contribution in [0.25, 0.3) is 0 Å². The van der Waals surface area contributed by atoms with Crippen LogP contribution in [0.5, 0.6) is 5.75 Å². The zero-order chi connectivity index (χ0) is 15.8. The van der Waals surface area contributed by atoms with Crippen molar-refractivity contribution >= 4 is 33.6 Å². The van der Waals surface area contributed by atoms with E-state index < -0.39 is 31.1 Å². The lowest BCUT2D eigenvalue weighted by atomic mass is 10.0. The third-order valence-corrected chi connectivity index (χ3v) is 3.93. The van der Waals surface area contributed by atoms with Gasteiger partial charge in [-0.3, -0.25) is 4.90 Å². The van der Waals surface area contributed by atoms with Gasteiger partial charge in [0.15, 0.2) is 0 Å². The largest absolute Gasteiger partial charge is 0.487 e. The molecule has 2 rings (SSSR count). The number of ether oxygens (including phenoxy) is 1. The number of hydrogen-bond acceptors (Lipinski definition) is 2. The quantitative estimate of drug-likeness (QED) is 0.832. The molecule has 116 valence electrons. The van der Waals surface area contributed by atoms with Crippen LogP contribution in [0.3, 0.4) is 0 Å². The summed E-state index contributed by atoms with van der Waals surface area (Å²) >= 11 is 9.15. The van der Waals surface area contributed by atoms with Crippen LogP contribution in [0.4, 0.5) is 13.6 Å². The summed E-state index contributed by atoms with van der Waals surface area (Å²) in [6, 6.07) is 3.25. The molecule has 1 amide bonds. The normalized spacial score (nSPS) is 21.2. The molecule has 8 heteroatoms. The predicted molar refractivity (Wildman–Crippen MR) is 77.5 cm³/mol. The highest BCUT2D eigenvalue weighted by molar-refractivity contribution is 9.10. The van der Waals surface area contributed by atoms with Crippen molar-refractivity contribution in [1.82, 2.24) is 4.90 Å². The van der Waals surface area contributed by atoms with Gasteiger partial charge in [-0.15, -0.1) is 0 Å². The average molecular weight is 385 g/mol. The molecular formula is C13H13BrClF2NO3. The minimum Gasteiger partial charge on any atom is -0.487 e. The first-order valence-corrected chi connectivity index (χ1v) is 7.33. The summed E-state index contributed by atoms with van der Waals surface area (Å²) in [6.45, 7) is 0.838. The number of alkyl halides is 2. The van der Waals surface area contributed by atoms with Crippen LogP contribution in [0.15, 0.2) is 16.6 Å². The Bertz CT molecular complexity index is 547. The third kappa shape index (κ3) is 3.97. The monoisotopic (exact) mass is 383 g/mol. The van der Waals surface area contributed by atoms with Crippen LogP contribution in [0.2, 0.25) is 5.02 Å². The highest BCUT2D eigenvalue weighted by Crippen LogP contribution is 2.36. The van der Waals surface area contributed by atoms with E-state index in [0.29, 0.717) is 25.7 Å². The topological polar surface area (TPSA) is 49.8 Å². The summed E-state index contributed by atoms with van der Waals surface area (Å²) in [5.41, 5.74) is 0.685. The summed E-state index contributed by atoms with van der Waals surface area (Å²) in [7, 11) is 0. The maximum Gasteiger partial charge on any atom is 0.407 e. The first-order chi connectivity index (χ1) is 9.68. The Morgan fingerprint density at radius 2 is 2.24 bits per heavy atom. The number of amides is 1. The summed E-state index contributed by atoms with van der Waals surface area (Å²) in [6.07, 6.45) is -2.82. The SMILES string of the molecule is Cc1cc(Cl)cc(Br)c1O[C@@H]1CN(C(=O)O)CC(F)(F)C1. The fourth-order valence-corrected chi connectivity index (χ4v) is 3.34. The van der Waals surface area contributed by atoms with Crippen LogP contribution in [-0.2, 0) is 0 Å². The Morgan fingerprint density at radius 3 is 2.81 bits per heavy atom. The van der Waals surface area contributed by atoms with Gasteiger partial charge in [0.05, 0.1) is 24.0 Å². The molecule has 1 aromatic carbocycles. The summed E-state index contributed by atoms with van der Waals surface area (Å²) in [5, 5.41) is 9.40. The molecule has 0 spiro atoms. The van der Waals surface area contributed by atoms with E-state index in [4.69, 9.17) is 21.4 Å². The highest BCUT2D eigenvalue weighted by Gasteiger charge is 2.43. The lowest BCUT2D eigenvalue weighted by Crippen LogP contribution is -2.52. The van der Waals surface area contributed by atoms with Gasteiger partial charge in [0.25, 0.3) is 5.92 Å². The smallest absolute Gasteiger partial charge is 0.407 e. The van der Waals surface area contributed by atoms with Crippen molar-refractivity contribution in [1.29, 1.82) is 0 Å². The molecule has 0 radical (unpaired) electrons. The van der Waals surface area contributed by atoms with Gasteiger partial charge in [0, 0.05) is 5.02 Å². The molecule has 0 aliphatic carbocycles. The number of nitrogens with zero attached hydrogens (tertiary/aromatic N) is 1. The van der Waals surface area contributed by atoms with Crippen molar-refractivity contribution in [2.24, 2.45) is 0 Å². The number of aryl methyl sites for hydroxylation is 1. The minimum atomic E-state index is -3.10.